The van der Waals surface area contributed by atoms with E-state index in [4.69, 9.17) is 4.42 Å². The topological polar surface area (TPSA) is 88.5 Å². The lowest BCUT2D eigenvalue weighted by molar-refractivity contribution is -0.402. The van der Waals surface area contributed by atoms with Gasteiger partial charge in [0.05, 0.1) is 11.6 Å². The highest BCUT2D eigenvalue weighted by Gasteiger charge is 2.30. The van der Waals surface area contributed by atoms with E-state index in [1.807, 2.05) is 0 Å². The molecule has 0 saturated carbocycles. The Balaban J connectivity index is 2.15. The highest BCUT2D eigenvalue weighted by Crippen LogP contribution is 2.31. The summed E-state index contributed by atoms with van der Waals surface area (Å²) in [6.07, 6.45) is -6.02. The van der Waals surface area contributed by atoms with Gasteiger partial charge in [0.25, 0.3) is 0 Å². The Morgan fingerprint density at radius 2 is 2.00 bits per heavy atom. The second kappa shape index (κ2) is 5.44. The van der Waals surface area contributed by atoms with Crippen molar-refractivity contribution < 1.29 is 27.6 Å². The largest absolute Gasteiger partial charge is 0.433 e. The number of hydrogen-bond donors (Lipinski definition) is 2. The molecular formula is C12H9F3N2O4. The number of nitrogens with zero attached hydrogens (tertiary/aromatic N) is 1. The second-order valence-electron chi connectivity index (χ2n) is 4.06. The number of nitrogens with one attached hydrogen (secondary N) is 1. The molecule has 1 unspecified atom stereocenters. The highest BCUT2D eigenvalue weighted by atomic mass is 19.4. The first-order valence-corrected chi connectivity index (χ1v) is 5.63. The predicted octanol–water partition coefficient (Wildman–Crippen LogP) is 3.31. The van der Waals surface area contributed by atoms with Crippen LogP contribution in [-0.2, 0) is 6.18 Å². The molecule has 0 spiro atoms. The van der Waals surface area contributed by atoms with Crippen LogP contribution in [0.5, 0.6) is 0 Å². The van der Waals surface area contributed by atoms with Gasteiger partial charge in [-0.2, -0.15) is 13.2 Å². The Morgan fingerprint density at radius 1 is 1.29 bits per heavy atom. The Bertz CT molecular complexity index is 654. The first kappa shape index (κ1) is 14.9. The number of aliphatic hydroxyl groups excluding tert-OH is 1. The SMILES string of the molecule is O=[N+]([O-])c1ccc(C(O)Nc2cccc(C(F)(F)F)c2)o1. The van der Waals surface area contributed by atoms with Gasteiger partial charge in [-0.15, -0.1) is 0 Å². The lowest BCUT2D eigenvalue weighted by Gasteiger charge is -2.13. The Kier molecular flexibility index (Phi) is 3.85. The van der Waals surface area contributed by atoms with Crippen LogP contribution in [0.2, 0.25) is 0 Å². The van der Waals surface area contributed by atoms with Gasteiger partial charge in [0.2, 0.25) is 0 Å². The third-order valence-corrected chi connectivity index (χ3v) is 2.56. The zero-order chi connectivity index (χ0) is 15.6. The van der Waals surface area contributed by atoms with Gasteiger partial charge in [-0.3, -0.25) is 10.1 Å². The summed E-state index contributed by atoms with van der Waals surface area (Å²) in [6.45, 7) is 0. The van der Waals surface area contributed by atoms with Crippen LogP contribution in [0.1, 0.15) is 17.6 Å². The van der Waals surface area contributed by atoms with Crippen molar-refractivity contribution in [3.63, 3.8) is 0 Å². The number of alkyl halides is 3. The van der Waals surface area contributed by atoms with E-state index in [9.17, 15) is 28.4 Å². The van der Waals surface area contributed by atoms with Gasteiger partial charge in [-0.05, 0) is 24.3 Å². The van der Waals surface area contributed by atoms with Gasteiger partial charge in [-0.25, -0.2) is 0 Å². The van der Waals surface area contributed by atoms with Gasteiger partial charge in [0, 0.05) is 5.69 Å². The van der Waals surface area contributed by atoms with Crippen LogP contribution >= 0.6 is 0 Å². The van der Waals surface area contributed by atoms with Crippen LogP contribution in [0.3, 0.4) is 0 Å². The van der Waals surface area contributed by atoms with E-state index in [0.29, 0.717) is 0 Å². The highest BCUT2D eigenvalue weighted by molar-refractivity contribution is 5.47. The van der Waals surface area contributed by atoms with Crippen molar-refractivity contribution in [3.05, 3.63) is 57.8 Å². The molecule has 1 aromatic heterocycles. The third kappa shape index (κ3) is 3.51. The molecule has 0 radical (unpaired) electrons. The molecule has 2 N–H and O–H groups in total. The standard InChI is InChI=1S/C12H9F3N2O4/c13-12(14,15)7-2-1-3-8(6-7)16-11(18)9-4-5-10(21-9)17(19)20/h1-6,11,16,18H. The van der Waals surface area contributed by atoms with Crippen molar-refractivity contribution in [2.45, 2.75) is 12.4 Å². The van der Waals surface area contributed by atoms with E-state index in [1.54, 1.807) is 0 Å². The molecule has 0 bridgehead atoms. The Hall–Kier alpha value is -2.55. The molecule has 0 fully saturated rings. The number of hydrogen-bond acceptors (Lipinski definition) is 5. The molecule has 1 aromatic carbocycles. The molecular weight excluding hydrogens is 293 g/mol. The minimum atomic E-state index is -4.51. The van der Waals surface area contributed by atoms with Crippen LogP contribution in [-0.4, -0.2) is 10.0 Å². The van der Waals surface area contributed by atoms with Crippen molar-refractivity contribution in [3.8, 4) is 0 Å². The number of nitro groups is 1. The summed E-state index contributed by atoms with van der Waals surface area (Å²) in [6, 6.07) is 6.37. The van der Waals surface area contributed by atoms with Crippen molar-refractivity contribution in [1.29, 1.82) is 0 Å². The number of benzene rings is 1. The maximum absolute atomic E-state index is 12.5. The lowest BCUT2D eigenvalue weighted by atomic mass is 10.2. The summed E-state index contributed by atoms with van der Waals surface area (Å²) in [5.74, 6) is -0.756. The van der Waals surface area contributed by atoms with E-state index < -0.39 is 28.8 Å². The summed E-state index contributed by atoms with van der Waals surface area (Å²) in [7, 11) is 0. The molecule has 21 heavy (non-hydrogen) atoms. The molecule has 2 aromatic rings. The van der Waals surface area contributed by atoms with Crippen LogP contribution in [0.25, 0.3) is 0 Å². The molecule has 9 heteroatoms. The molecule has 0 aliphatic heterocycles. The first-order valence-electron chi connectivity index (χ1n) is 5.63. The van der Waals surface area contributed by atoms with Gasteiger partial charge in [0.15, 0.2) is 12.0 Å². The van der Waals surface area contributed by atoms with Crippen LogP contribution in [0.15, 0.2) is 40.8 Å². The fraction of sp³-hybridized carbons (Fsp3) is 0.167. The van der Waals surface area contributed by atoms with Gasteiger partial charge in [-0.1, -0.05) is 6.07 Å². The number of rotatable bonds is 4. The van der Waals surface area contributed by atoms with E-state index in [0.717, 1.165) is 24.3 Å². The van der Waals surface area contributed by atoms with E-state index in [-0.39, 0.29) is 11.4 Å². The van der Waals surface area contributed by atoms with Gasteiger partial charge >= 0.3 is 12.1 Å². The van der Waals surface area contributed by atoms with Gasteiger partial charge in [0.1, 0.15) is 4.92 Å². The summed E-state index contributed by atoms with van der Waals surface area (Å²) in [4.78, 5) is 9.64. The molecule has 1 heterocycles. The van der Waals surface area contributed by atoms with E-state index >= 15 is 0 Å². The van der Waals surface area contributed by atoms with Crippen LogP contribution < -0.4 is 5.32 Å². The first-order chi connectivity index (χ1) is 9.77. The maximum Gasteiger partial charge on any atom is 0.433 e. The number of furan rings is 1. The van der Waals surface area contributed by atoms with E-state index in [1.165, 1.54) is 12.1 Å². The molecule has 0 amide bonds. The molecule has 0 saturated heterocycles. The second-order valence-corrected chi connectivity index (χ2v) is 4.06. The van der Waals surface area contributed by atoms with Crippen molar-refractivity contribution >= 4 is 11.6 Å². The minimum Gasteiger partial charge on any atom is -0.401 e. The molecule has 6 nitrogen and oxygen atoms in total. The van der Waals surface area contributed by atoms with Crippen LogP contribution in [0.4, 0.5) is 24.7 Å². The monoisotopic (exact) mass is 302 g/mol. The normalized spacial score (nSPS) is 13.0. The molecule has 0 aliphatic carbocycles. The van der Waals surface area contributed by atoms with Crippen molar-refractivity contribution in [2.24, 2.45) is 0 Å². The van der Waals surface area contributed by atoms with Crippen molar-refractivity contribution in [1.82, 2.24) is 0 Å². The number of halogens is 3. The average molecular weight is 302 g/mol. The number of aliphatic hydroxyl groups is 1. The van der Waals surface area contributed by atoms with Crippen LogP contribution in [0, 0.1) is 10.1 Å². The molecule has 0 aliphatic rings. The zero-order valence-electron chi connectivity index (χ0n) is 10.3. The Labute approximate surface area is 116 Å². The summed E-state index contributed by atoms with van der Waals surface area (Å²) in [5, 5.41) is 22.6. The predicted molar refractivity (Wildman–Crippen MR) is 65.4 cm³/mol. The maximum atomic E-state index is 12.5. The Morgan fingerprint density at radius 3 is 2.57 bits per heavy atom. The van der Waals surface area contributed by atoms with E-state index in [2.05, 4.69) is 5.32 Å². The zero-order valence-corrected chi connectivity index (χ0v) is 10.3. The quantitative estimate of drug-likeness (QED) is 0.514. The fourth-order valence-corrected chi connectivity index (χ4v) is 1.60. The lowest BCUT2D eigenvalue weighted by Crippen LogP contribution is -2.10. The summed E-state index contributed by atoms with van der Waals surface area (Å²) >= 11 is 0. The number of anilines is 1. The van der Waals surface area contributed by atoms with Crippen molar-refractivity contribution in [2.75, 3.05) is 5.32 Å². The average Bonchev–Trinajstić information content (AvgIpc) is 2.88. The fourth-order valence-electron chi connectivity index (χ4n) is 1.60. The molecule has 2 rings (SSSR count). The minimum absolute atomic E-state index is 0.00335. The third-order valence-electron chi connectivity index (χ3n) is 2.56. The summed E-state index contributed by atoms with van der Waals surface area (Å²) < 4.78 is 42.4. The summed E-state index contributed by atoms with van der Waals surface area (Å²) in [5.41, 5.74) is -0.887. The molecule has 112 valence electrons. The smallest absolute Gasteiger partial charge is 0.401 e. The van der Waals surface area contributed by atoms with Gasteiger partial charge < -0.3 is 14.8 Å². The molecule has 1 atom stereocenters.